The number of nitrogens with zero attached hydrogens (tertiary/aromatic N) is 1. The molecule has 1 aliphatic carbocycles. The van der Waals surface area contributed by atoms with E-state index in [2.05, 4.69) is 15.5 Å². The van der Waals surface area contributed by atoms with Crippen molar-refractivity contribution in [3.8, 4) is 0 Å². The van der Waals surface area contributed by atoms with E-state index in [-0.39, 0.29) is 11.8 Å². The first-order valence-electron chi connectivity index (χ1n) is 12.8. The Balaban J connectivity index is 1.41. The number of nitrogens with two attached hydrogens (primary N) is 1. The Hall–Kier alpha value is -2.70. The summed E-state index contributed by atoms with van der Waals surface area (Å²) < 4.78 is 0. The molecule has 182 valence electrons. The van der Waals surface area contributed by atoms with E-state index < -0.39 is 0 Å². The molecule has 0 aromatic heterocycles. The van der Waals surface area contributed by atoms with Crippen molar-refractivity contribution in [2.45, 2.75) is 71.0 Å². The Bertz CT molecular complexity index is 961. The molecule has 6 heteroatoms. The summed E-state index contributed by atoms with van der Waals surface area (Å²) in [5.41, 5.74) is 10.2. The number of amides is 2. The highest BCUT2D eigenvalue weighted by molar-refractivity contribution is 5.97. The average Bonchev–Trinajstić information content (AvgIpc) is 3.57. The van der Waals surface area contributed by atoms with Crippen LogP contribution in [0.1, 0.15) is 78.4 Å². The van der Waals surface area contributed by atoms with Gasteiger partial charge in [-0.15, -0.1) is 0 Å². The molecule has 0 spiro atoms. The third-order valence-electron chi connectivity index (χ3n) is 7.20. The molecule has 0 radical (unpaired) electrons. The van der Waals surface area contributed by atoms with Gasteiger partial charge >= 0.3 is 0 Å². The molecule has 1 saturated heterocycles. The summed E-state index contributed by atoms with van der Waals surface area (Å²) >= 11 is 0. The Morgan fingerprint density at radius 3 is 2.35 bits per heavy atom. The first-order chi connectivity index (χ1) is 16.6. The number of hydrogen-bond donors (Lipinski definition) is 3. The van der Waals surface area contributed by atoms with Crippen molar-refractivity contribution in [2.75, 3.05) is 18.4 Å². The molecule has 0 atom stereocenters. The van der Waals surface area contributed by atoms with E-state index in [4.69, 9.17) is 5.73 Å². The van der Waals surface area contributed by atoms with Gasteiger partial charge in [-0.05, 0) is 67.1 Å². The maximum absolute atomic E-state index is 12.9. The highest BCUT2D eigenvalue weighted by Gasteiger charge is 2.19. The fourth-order valence-electron chi connectivity index (χ4n) is 5.08. The van der Waals surface area contributed by atoms with E-state index in [1.54, 1.807) is 0 Å². The minimum absolute atomic E-state index is 0.0483. The predicted octanol–water partition coefficient (Wildman–Crippen LogP) is 4.58. The Labute approximate surface area is 203 Å². The number of likely N-dealkylation sites (tertiary alicyclic amines) is 1. The van der Waals surface area contributed by atoms with Crippen LogP contribution in [-0.4, -0.2) is 29.8 Å². The number of carbonyl (C=O) groups is 2. The summed E-state index contributed by atoms with van der Waals surface area (Å²) in [5.74, 6) is 0.593. The van der Waals surface area contributed by atoms with Crippen LogP contribution >= 0.6 is 0 Å². The normalized spacial score (nSPS) is 16.6. The van der Waals surface area contributed by atoms with Crippen LogP contribution in [0.2, 0.25) is 0 Å². The Kier molecular flexibility index (Phi) is 8.72. The highest BCUT2D eigenvalue weighted by Crippen LogP contribution is 2.29. The van der Waals surface area contributed by atoms with Gasteiger partial charge < -0.3 is 16.4 Å². The van der Waals surface area contributed by atoms with Crippen LogP contribution in [0.25, 0.3) is 0 Å². The van der Waals surface area contributed by atoms with Crippen molar-refractivity contribution < 1.29 is 9.59 Å². The molecule has 0 unspecified atom stereocenters. The van der Waals surface area contributed by atoms with Crippen LogP contribution in [-0.2, 0) is 24.4 Å². The summed E-state index contributed by atoms with van der Waals surface area (Å²) in [6.07, 6.45) is 9.02. The van der Waals surface area contributed by atoms with Crippen LogP contribution in [0.3, 0.4) is 0 Å². The molecule has 1 saturated carbocycles. The Morgan fingerprint density at radius 2 is 1.65 bits per heavy atom. The molecule has 1 aliphatic heterocycles. The number of nitrogens with one attached hydrogen (secondary N) is 2. The second-order valence-corrected chi connectivity index (χ2v) is 9.80. The predicted molar refractivity (Wildman–Crippen MR) is 136 cm³/mol. The van der Waals surface area contributed by atoms with E-state index in [1.807, 2.05) is 42.5 Å². The van der Waals surface area contributed by atoms with Gasteiger partial charge in [0.25, 0.3) is 5.91 Å². The molecule has 0 bridgehead atoms. The quantitative estimate of drug-likeness (QED) is 0.482. The molecular weight excluding hydrogens is 424 g/mol. The molecule has 1 heterocycles. The van der Waals surface area contributed by atoms with Crippen LogP contribution in [0.15, 0.2) is 42.5 Å². The van der Waals surface area contributed by atoms with Gasteiger partial charge in [0.15, 0.2) is 0 Å². The lowest BCUT2D eigenvalue weighted by molar-refractivity contribution is -0.116. The molecule has 2 aliphatic rings. The second-order valence-electron chi connectivity index (χ2n) is 9.80. The lowest BCUT2D eigenvalue weighted by Gasteiger charge is -2.19. The zero-order valence-corrected chi connectivity index (χ0v) is 20.2. The fourth-order valence-corrected chi connectivity index (χ4v) is 5.08. The van der Waals surface area contributed by atoms with Crippen LogP contribution in [0.5, 0.6) is 0 Å². The standard InChI is InChI=1S/C28H38N4O2/c29-18-22-7-9-23(10-8-22)19-30-28(34)24-12-13-25(20-32-15-3-4-16-32)26(17-24)31-27(33)14-11-21-5-1-2-6-21/h7-10,12-13,17,21H,1-6,11,14-16,18-20,29H2,(H,30,34)(H,31,33). The van der Waals surface area contributed by atoms with E-state index in [0.717, 1.165) is 48.4 Å². The average molecular weight is 463 g/mol. The van der Waals surface area contributed by atoms with Gasteiger partial charge in [0.1, 0.15) is 0 Å². The van der Waals surface area contributed by atoms with E-state index in [1.165, 1.54) is 38.5 Å². The largest absolute Gasteiger partial charge is 0.348 e. The van der Waals surface area contributed by atoms with Crippen molar-refractivity contribution in [1.82, 2.24) is 10.2 Å². The smallest absolute Gasteiger partial charge is 0.251 e. The lowest BCUT2D eigenvalue weighted by Crippen LogP contribution is -2.24. The number of hydrogen-bond acceptors (Lipinski definition) is 4. The van der Waals surface area contributed by atoms with Crippen LogP contribution < -0.4 is 16.4 Å². The number of anilines is 1. The van der Waals surface area contributed by atoms with Gasteiger partial charge in [0.05, 0.1) is 0 Å². The van der Waals surface area contributed by atoms with Gasteiger partial charge in [-0.2, -0.15) is 0 Å². The van der Waals surface area contributed by atoms with Gasteiger partial charge in [0, 0.05) is 37.3 Å². The number of benzene rings is 2. The molecule has 2 aromatic carbocycles. The Morgan fingerprint density at radius 1 is 0.941 bits per heavy atom. The summed E-state index contributed by atoms with van der Waals surface area (Å²) in [5, 5.41) is 6.13. The maximum atomic E-state index is 12.9. The molecule has 6 nitrogen and oxygen atoms in total. The first kappa shape index (κ1) is 24.4. The zero-order chi connectivity index (χ0) is 23.8. The molecular formula is C28H38N4O2. The maximum Gasteiger partial charge on any atom is 0.251 e. The summed E-state index contributed by atoms with van der Waals surface area (Å²) in [4.78, 5) is 28.1. The fraction of sp³-hybridized carbons (Fsp3) is 0.500. The molecule has 2 aromatic rings. The van der Waals surface area contributed by atoms with Gasteiger partial charge in [-0.25, -0.2) is 0 Å². The lowest BCUT2D eigenvalue weighted by atomic mass is 10.0. The third-order valence-corrected chi connectivity index (χ3v) is 7.20. The van der Waals surface area contributed by atoms with Crippen molar-refractivity contribution in [3.63, 3.8) is 0 Å². The van der Waals surface area contributed by atoms with E-state index in [9.17, 15) is 9.59 Å². The number of rotatable bonds is 10. The van der Waals surface area contributed by atoms with Crippen LogP contribution in [0, 0.1) is 5.92 Å². The van der Waals surface area contributed by atoms with Crippen molar-refractivity contribution in [1.29, 1.82) is 0 Å². The van der Waals surface area contributed by atoms with Crippen molar-refractivity contribution >= 4 is 17.5 Å². The van der Waals surface area contributed by atoms with E-state index in [0.29, 0.717) is 31.0 Å². The topological polar surface area (TPSA) is 87.5 Å². The molecule has 34 heavy (non-hydrogen) atoms. The van der Waals surface area contributed by atoms with Gasteiger partial charge in [-0.3, -0.25) is 14.5 Å². The third kappa shape index (κ3) is 6.90. The van der Waals surface area contributed by atoms with E-state index >= 15 is 0 Å². The van der Waals surface area contributed by atoms with Crippen molar-refractivity contribution in [3.05, 3.63) is 64.7 Å². The monoisotopic (exact) mass is 462 g/mol. The van der Waals surface area contributed by atoms with Gasteiger partial charge in [0.2, 0.25) is 5.91 Å². The molecule has 4 N–H and O–H groups in total. The molecule has 4 rings (SSSR count). The van der Waals surface area contributed by atoms with Gasteiger partial charge in [-0.1, -0.05) is 56.0 Å². The van der Waals surface area contributed by atoms with Crippen molar-refractivity contribution in [2.24, 2.45) is 11.7 Å². The zero-order valence-electron chi connectivity index (χ0n) is 20.2. The summed E-state index contributed by atoms with van der Waals surface area (Å²) in [6.45, 7) is 3.92. The highest BCUT2D eigenvalue weighted by atomic mass is 16.2. The minimum Gasteiger partial charge on any atom is -0.348 e. The minimum atomic E-state index is -0.142. The summed E-state index contributed by atoms with van der Waals surface area (Å²) in [7, 11) is 0. The second kappa shape index (κ2) is 12.1. The SMILES string of the molecule is NCc1ccc(CNC(=O)c2ccc(CN3CCCC3)c(NC(=O)CCC3CCCC3)c2)cc1. The number of carbonyl (C=O) groups excluding carboxylic acids is 2. The summed E-state index contributed by atoms with van der Waals surface area (Å²) in [6, 6.07) is 13.6. The molecule has 2 amide bonds. The van der Waals surface area contributed by atoms with Crippen LogP contribution in [0.4, 0.5) is 5.69 Å². The molecule has 2 fully saturated rings. The first-order valence-corrected chi connectivity index (χ1v) is 12.8.